The van der Waals surface area contributed by atoms with Gasteiger partial charge in [0.25, 0.3) is 0 Å². The fraction of sp³-hybridized carbons (Fsp3) is 0.433. The van der Waals surface area contributed by atoms with Crippen LogP contribution in [-0.4, -0.2) is 59.6 Å². The number of para-hydroxylation sites is 2. The van der Waals surface area contributed by atoms with Gasteiger partial charge in [-0.25, -0.2) is 4.98 Å². The van der Waals surface area contributed by atoms with Crippen LogP contribution in [0.1, 0.15) is 40.0 Å². The van der Waals surface area contributed by atoms with Crippen molar-refractivity contribution in [2.24, 2.45) is 5.92 Å². The van der Waals surface area contributed by atoms with Crippen LogP contribution in [-0.2, 0) is 20.9 Å². The molecule has 0 saturated carbocycles. The fourth-order valence-electron chi connectivity index (χ4n) is 4.75. The van der Waals surface area contributed by atoms with E-state index in [1.54, 1.807) is 24.7 Å². The Labute approximate surface area is 256 Å². The second-order valence-corrected chi connectivity index (χ2v) is 13.0. The number of piperidine rings is 1. The minimum atomic E-state index is -1.20. The van der Waals surface area contributed by atoms with Crippen LogP contribution >= 0.6 is 11.6 Å². The van der Waals surface area contributed by atoms with Crippen LogP contribution in [0.4, 0.5) is 34.5 Å². The lowest BCUT2D eigenvalue weighted by molar-refractivity contribution is -0.156. The molecule has 0 aliphatic carbocycles. The summed E-state index contributed by atoms with van der Waals surface area (Å²) < 4.78 is 24.9. The molecular weight excluding hydrogens is 576 g/mol. The first-order valence-corrected chi connectivity index (χ1v) is 15.7. The van der Waals surface area contributed by atoms with E-state index in [0.29, 0.717) is 46.3 Å². The highest BCUT2D eigenvalue weighted by Gasteiger charge is 2.25. The van der Waals surface area contributed by atoms with E-state index in [1.807, 2.05) is 63.2 Å². The minimum absolute atomic E-state index is 0.130. The van der Waals surface area contributed by atoms with Gasteiger partial charge < -0.3 is 29.6 Å². The molecule has 1 fully saturated rings. The number of esters is 1. The maximum absolute atomic E-state index is 12.3. The van der Waals surface area contributed by atoms with Crippen molar-refractivity contribution in [1.82, 2.24) is 9.97 Å². The van der Waals surface area contributed by atoms with Gasteiger partial charge in [0.15, 0.2) is 5.82 Å². The lowest BCUT2D eigenvalue weighted by atomic mass is 9.93. The Hall–Kier alpha value is -3.41. The largest absolute Gasteiger partial charge is 0.593 e. The van der Waals surface area contributed by atoms with Gasteiger partial charge in [0, 0.05) is 31.3 Å². The van der Waals surface area contributed by atoms with Crippen LogP contribution in [0.5, 0.6) is 5.75 Å². The number of hydrogen-bond acceptors (Lipinski definition) is 10. The lowest BCUT2D eigenvalue weighted by Crippen LogP contribution is -2.35. The number of carbonyl (C=O) groups is 1. The average molecular weight is 615 g/mol. The summed E-state index contributed by atoms with van der Waals surface area (Å²) in [7, 11) is 3.38. The SMILES string of the molecule is COc1cc(N2CCC(CC(=O)OC(C)(C)C)CC2)ccc1Nc1ncc(Cl)c(Nc2ccccc2N(C)[S+](C)[O-])n1. The van der Waals surface area contributed by atoms with E-state index in [0.717, 1.165) is 37.3 Å². The lowest BCUT2D eigenvalue weighted by Gasteiger charge is -2.34. The molecule has 10 nitrogen and oxygen atoms in total. The molecule has 226 valence electrons. The molecule has 12 heteroatoms. The Morgan fingerprint density at radius 3 is 2.55 bits per heavy atom. The van der Waals surface area contributed by atoms with Crippen molar-refractivity contribution in [1.29, 1.82) is 0 Å². The molecule has 2 aromatic carbocycles. The summed E-state index contributed by atoms with van der Waals surface area (Å²) in [5, 5.41) is 6.82. The monoisotopic (exact) mass is 614 g/mol. The molecule has 2 heterocycles. The molecule has 0 bridgehead atoms. The van der Waals surface area contributed by atoms with E-state index >= 15 is 0 Å². The number of ether oxygens (including phenoxy) is 2. The molecule has 1 atom stereocenters. The fourth-order valence-corrected chi connectivity index (χ4v) is 5.32. The Morgan fingerprint density at radius 1 is 1.17 bits per heavy atom. The molecule has 1 aliphatic heterocycles. The highest BCUT2D eigenvalue weighted by Crippen LogP contribution is 2.35. The number of aromatic nitrogens is 2. The highest BCUT2D eigenvalue weighted by molar-refractivity contribution is 7.92. The van der Waals surface area contributed by atoms with E-state index in [-0.39, 0.29) is 5.97 Å². The van der Waals surface area contributed by atoms with Crippen molar-refractivity contribution in [3.8, 4) is 5.75 Å². The molecule has 4 rings (SSSR count). The summed E-state index contributed by atoms with van der Waals surface area (Å²) in [6.45, 7) is 7.38. The summed E-state index contributed by atoms with van der Waals surface area (Å²) in [5.74, 6) is 1.58. The smallest absolute Gasteiger partial charge is 0.306 e. The van der Waals surface area contributed by atoms with Gasteiger partial charge in [-0.3, -0.25) is 4.79 Å². The molecule has 0 spiro atoms. The Morgan fingerprint density at radius 2 is 1.88 bits per heavy atom. The first kappa shape index (κ1) is 31.5. The van der Waals surface area contributed by atoms with Crippen LogP contribution in [0.15, 0.2) is 48.7 Å². The summed E-state index contributed by atoms with van der Waals surface area (Å²) >= 11 is 5.23. The van der Waals surface area contributed by atoms with Crippen molar-refractivity contribution >= 4 is 63.4 Å². The summed E-state index contributed by atoms with van der Waals surface area (Å²) in [6, 6.07) is 13.4. The van der Waals surface area contributed by atoms with E-state index in [2.05, 4.69) is 25.5 Å². The number of hydrogen-bond donors (Lipinski definition) is 2. The Kier molecular flexibility index (Phi) is 10.3. The van der Waals surface area contributed by atoms with E-state index < -0.39 is 17.0 Å². The molecule has 42 heavy (non-hydrogen) atoms. The predicted molar refractivity (Wildman–Crippen MR) is 171 cm³/mol. The van der Waals surface area contributed by atoms with E-state index in [1.165, 1.54) is 6.20 Å². The first-order valence-electron chi connectivity index (χ1n) is 13.8. The zero-order valence-corrected chi connectivity index (χ0v) is 26.5. The average Bonchev–Trinajstić information content (AvgIpc) is 2.94. The van der Waals surface area contributed by atoms with Gasteiger partial charge in [0.1, 0.15) is 28.3 Å². The number of nitrogens with one attached hydrogen (secondary N) is 2. The molecule has 3 aromatic rings. The molecule has 2 N–H and O–H groups in total. The number of anilines is 6. The van der Waals surface area contributed by atoms with Crippen molar-refractivity contribution in [3.05, 3.63) is 53.7 Å². The molecular formula is C30H39ClN6O4S. The predicted octanol–water partition coefficient (Wildman–Crippen LogP) is 6.30. The Balaban J connectivity index is 1.43. The third-order valence-corrected chi connectivity index (χ3v) is 8.16. The molecule has 1 unspecified atom stereocenters. The summed E-state index contributed by atoms with van der Waals surface area (Å²) in [4.78, 5) is 23.5. The highest BCUT2D eigenvalue weighted by atomic mass is 35.5. The zero-order valence-electron chi connectivity index (χ0n) is 24.9. The quantitative estimate of drug-likeness (QED) is 0.199. The molecule has 0 radical (unpaired) electrons. The molecule has 1 saturated heterocycles. The number of benzene rings is 2. The van der Waals surface area contributed by atoms with Gasteiger partial charge in [-0.2, -0.15) is 9.29 Å². The molecule has 1 aliphatic rings. The first-order chi connectivity index (χ1) is 19.9. The summed E-state index contributed by atoms with van der Waals surface area (Å²) in [6.07, 6.45) is 5.43. The zero-order chi connectivity index (χ0) is 30.4. The van der Waals surface area contributed by atoms with Gasteiger partial charge >= 0.3 is 5.97 Å². The van der Waals surface area contributed by atoms with Crippen LogP contribution in [0.3, 0.4) is 0 Å². The van der Waals surface area contributed by atoms with Crippen molar-refractivity contribution in [2.45, 2.75) is 45.6 Å². The second-order valence-electron chi connectivity index (χ2n) is 11.2. The van der Waals surface area contributed by atoms with Crippen LogP contribution in [0, 0.1) is 5.92 Å². The van der Waals surface area contributed by atoms with E-state index in [9.17, 15) is 9.35 Å². The van der Waals surface area contributed by atoms with Crippen molar-refractivity contribution < 1.29 is 18.8 Å². The van der Waals surface area contributed by atoms with Crippen LogP contribution in [0.25, 0.3) is 0 Å². The van der Waals surface area contributed by atoms with E-state index in [4.69, 9.17) is 21.1 Å². The third-order valence-electron chi connectivity index (χ3n) is 6.91. The number of methoxy groups -OCH3 is 1. The maximum Gasteiger partial charge on any atom is 0.306 e. The number of carbonyl (C=O) groups excluding carboxylic acids is 1. The standard InChI is InChI=1S/C30H39ClN6O4S/c1-30(2,3)41-27(38)17-20-13-15-37(16-14-20)21-11-12-24(26(18-21)40-5)34-29-32-19-22(31)28(35-29)33-23-9-7-8-10-25(23)36(4)42(6)39/h7-12,18-20H,13-17H2,1-6H3,(H2,32,33,34,35). The molecule has 1 aromatic heterocycles. The minimum Gasteiger partial charge on any atom is -0.593 e. The van der Waals surface area contributed by atoms with Gasteiger partial charge in [0.05, 0.1) is 43.1 Å². The number of rotatable bonds is 10. The van der Waals surface area contributed by atoms with Gasteiger partial charge in [-0.15, -0.1) is 0 Å². The van der Waals surface area contributed by atoms with Gasteiger partial charge in [-0.1, -0.05) is 23.7 Å². The van der Waals surface area contributed by atoms with Crippen molar-refractivity contribution in [2.75, 3.05) is 53.3 Å². The third kappa shape index (κ3) is 8.33. The van der Waals surface area contributed by atoms with Gasteiger partial charge in [-0.05, 0) is 63.8 Å². The molecule has 0 amide bonds. The van der Waals surface area contributed by atoms with Crippen LogP contribution in [0.2, 0.25) is 5.02 Å². The normalized spacial score (nSPS) is 14.7. The second kappa shape index (κ2) is 13.7. The van der Waals surface area contributed by atoms with Crippen molar-refractivity contribution in [3.63, 3.8) is 0 Å². The maximum atomic E-state index is 12.3. The number of nitrogens with zero attached hydrogens (tertiary/aromatic N) is 4. The van der Waals surface area contributed by atoms with Crippen LogP contribution < -0.4 is 24.6 Å². The summed E-state index contributed by atoms with van der Waals surface area (Å²) in [5.41, 5.74) is 2.74. The Bertz CT molecular complexity index is 1380. The topological polar surface area (TPSA) is 115 Å². The number of halogens is 1. The van der Waals surface area contributed by atoms with Gasteiger partial charge in [0.2, 0.25) is 5.95 Å².